The number of nitrogens with one attached hydrogen (secondary N) is 1. The summed E-state index contributed by atoms with van der Waals surface area (Å²) in [5.41, 5.74) is 7.99. The van der Waals surface area contributed by atoms with E-state index in [0.29, 0.717) is 11.0 Å². The van der Waals surface area contributed by atoms with Gasteiger partial charge in [-0.25, -0.2) is 4.98 Å². The fourth-order valence-electron chi connectivity index (χ4n) is 2.20. The molecule has 0 spiro atoms. The van der Waals surface area contributed by atoms with Crippen LogP contribution < -0.4 is 11.3 Å². The van der Waals surface area contributed by atoms with E-state index >= 15 is 0 Å². The smallest absolute Gasteiger partial charge is 0.261 e. The number of nitrogens with two attached hydrogens (primary N) is 1. The van der Waals surface area contributed by atoms with E-state index in [0.717, 1.165) is 25.0 Å². The minimum absolute atomic E-state index is 0.126. The van der Waals surface area contributed by atoms with Crippen molar-refractivity contribution >= 4 is 17.0 Å². The number of nitrogens with zero attached hydrogens (tertiary/aromatic N) is 2. The molecule has 2 aromatic rings. The van der Waals surface area contributed by atoms with Crippen LogP contribution in [0.4, 0.5) is 5.95 Å². The maximum absolute atomic E-state index is 11.7. The summed E-state index contributed by atoms with van der Waals surface area (Å²) in [6.07, 6.45) is 4.30. The number of hydrogen-bond acceptors (Lipinski definition) is 4. The molecule has 2 heterocycles. The van der Waals surface area contributed by atoms with Crippen LogP contribution in [0.1, 0.15) is 24.1 Å². The minimum atomic E-state index is -0.205. The van der Waals surface area contributed by atoms with Crippen molar-refractivity contribution in [2.24, 2.45) is 0 Å². The lowest BCUT2D eigenvalue weighted by molar-refractivity contribution is 0.670. The molecule has 82 valence electrons. The van der Waals surface area contributed by atoms with Gasteiger partial charge < -0.3 is 5.73 Å². The van der Waals surface area contributed by atoms with Crippen LogP contribution in [0.5, 0.6) is 0 Å². The van der Waals surface area contributed by atoms with Crippen LogP contribution in [0.25, 0.3) is 11.0 Å². The maximum atomic E-state index is 11.7. The van der Waals surface area contributed by atoms with E-state index in [9.17, 15) is 4.79 Å². The van der Waals surface area contributed by atoms with Gasteiger partial charge >= 0.3 is 0 Å². The van der Waals surface area contributed by atoms with Crippen molar-refractivity contribution in [2.75, 3.05) is 5.73 Å². The highest BCUT2D eigenvalue weighted by Crippen LogP contribution is 2.21. The van der Waals surface area contributed by atoms with Gasteiger partial charge in [0.15, 0.2) is 5.65 Å². The third-order valence-corrected chi connectivity index (χ3v) is 2.99. The summed E-state index contributed by atoms with van der Waals surface area (Å²) in [7, 11) is 0. The minimum Gasteiger partial charge on any atom is -0.369 e. The average Bonchev–Trinajstić information content (AvgIpc) is 2.27. The highest BCUT2D eigenvalue weighted by Gasteiger charge is 2.13. The molecule has 3 N–H and O–H groups in total. The molecule has 0 saturated carbocycles. The molecule has 0 atom stereocenters. The highest BCUT2D eigenvalue weighted by atomic mass is 16.1. The molecule has 16 heavy (non-hydrogen) atoms. The van der Waals surface area contributed by atoms with Gasteiger partial charge in [0.25, 0.3) is 5.56 Å². The Bertz CT molecular complexity index is 617. The standard InChI is InChI=1S/C11H12N4O/c12-11-14-9-7(10(16)15-11)5-6-3-1-2-4-8(6)13-9/h5H,1-4H2,(H3,12,13,14,15,16). The van der Waals surface area contributed by atoms with Gasteiger partial charge in [0, 0.05) is 5.69 Å². The molecule has 0 aromatic carbocycles. The molecule has 0 amide bonds. The number of rotatable bonds is 0. The van der Waals surface area contributed by atoms with Crippen molar-refractivity contribution in [2.45, 2.75) is 25.7 Å². The van der Waals surface area contributed by atoms with Crippen LogP contribution in [-0.4, -0.2) is 15.0 Å². The number of fused-ring (bicyclic) bond motifs is 2. The van der Waals surface area contributed by atoms with Gasteiger partial charge in [0.2, 0.25) is 5.95 Å². The molecular formula is C11H12N4O. The molecule has 5 heteroatoms. The zero-order chi connectivity index (χ0) is 11.1. The number of anilines is 1. The normalized spacial score (nSPS) is 15.0. The Labute approximate surface area is 91.7 Å². The predicted molar refractivity (Wildman–Crippen MR) is 61.2 cm³/mol. The summed E-state index contributed by atoms with van der Waals surface area (Å²) in [6, 6.07) is 1.90. The van der Waals surface area contributed by atoms with Gasteiger partial charge in [-0.15, -0.1) is 0 Å². The molecule has 2 aromatic heterocycles. The SMILES string of the molecule is Nc1nc2nc3c(cc2c(=O)[nH]1)CCCC3. The number of aromatic amines is 1. The molecule has 0 radical (unpaired) electrons. The first kappa shape index (κ1) is 9.33. The zero-order valence-corrected chi connectivity index (χ0v) is 8.79. The van der Waals surface area contributed by atoms with Gasteiger partial charge in [-0.1, -0.05) is 0 Å². The Kier molecular flexibility index (Phi) is 1.92. The first-order chi connectivity index (χ1) is 7.74. The van der Waals surface area contributed by atoms with Crippen molar-refractivity contribution in [3.63, 3.8) is 0 Å². The molecule has 0 unspecified atom stereocenters. The topological polar surface area (TPSA) is 84.7 Å². The van der Waals surface area contributed by atoms with Gasteiger partial charge in [-0.3, -0.25) is 9.78 Å². The summed E-state index contributed by atoms with van der Waals surface area (Å²) in [5, 5.41) is 0.537. The average molecular weight is 216 g/mol. The lowest BCUT2D eigenvalue weighted by Gasteiger charge is -2.14. The second-order valence-corrected chi connectivity index (χ2v) is 4.12. The van der Waals surface area contributed by atoms with Crippen LogP contribution in [0, 0.1) is 0 Å². The molecule has 0 aliphatic heterocycles. The Balaban J connectivity index is 2.35. The molecule has 0 saturated heterocycles. The highest BCUT2D eigenvalue weighted by molar-refractivity contribution is 5.75. The number of pyridine rings is 1. The summed E-state index contributed by atoms with van der Waals surface area (Å²) in [5.74, 6) is 0.126. The second-order valence-electron chi connectivity index (χ2n) is 4.12. The summed E-state index contributed by atoms with van der Waals surface area (Å²) < 4.78 is 0. The fraction of sp³-hybridized carbons (Fsp3) is 0.364. The quantitative estimate of drug-likeness (QED) is 0.681. The van der Waals surface area contributed by atoms with Crippen molar-refractivity contribution in [3.8, 4) is 0 Å². The maximum Gasteiger partial charge on any atom is 0.261 e. The molecule has 0 bridgehead atoms. The molecule has 1 aliphatic carbocycles. The number of aryl methyl sites for hydroxylation is 2. The monoisotopic (exact) mass is 216 g/mol. The van der Waals surface area contributed by atoms with E-state index in [4.69, 9.17) is 5.73 Å². The van der Waals surface area contributed by atoms with E-state index in [2.05, 4.69) is 15.0 Å². The first-order valence-electron chi connectivity index (χ1n) is 5.42. The Morgan fingerprint density at radius 1 is 1.25 bits per heavy atom. The fourth-order valence-corrected chi connectivity index (χ4v) is 2.20. The van der Waals surface area contributed by atoms with Crippen LogP contribution in [-0.2, 0) is 12.8 Å². The molecule has 5 nitrogen and oxygen atoms in total. The van der Waals surface area contributed by atoms with Gasteiger partial charge in [-0.05, 0) is 37.3 Å². The summed E-state index contributed by atoms with van der Waals surface area (Å²) >= 11 is 0. The summed E-state index contributed by atoms with van der Waals surface area (Å²) in [6.45, 7) is 0. The van der Waals surface area contributed by atoms with Gasteiger partial charge in [0.05, 0.1) is 5.39 Å². The molecule has 3 rings (SSSR count). The van der Waals surface area contributed by atoms with Crippen LogP contribution in [0.15, 0.2) is 10.9 Å². The van der Waals surface area contributed by atoms with Crippen molar-refractivity contribution in [3.05, 3.63) is 27.7 Å². The Morgan fingerprint density at radius 2 is 2.06 bits per heavy atom. The third-order valence-electron chi connectivity index (χ3n) is 2.99. The third kappa shape index (κ3) is 1.36. The van der Waals surface area contributed by atoms with Crippen molar-refractivity contribution in [1.82, 2.24) is 15.0 Å². The van der Waals surface area contributed by atoms with Crippen LogP contribution in [0.3, 0.4) is 0 Å². The number of nitrogen functional groups attached to an aromatic ring is 1. The first-order valence-corrected chi connectivity index (χ1v) is 5.42. The van der Waals surface area contributed by atoms with Gasteiger partial charge in [0.1, 0.15) is 0 Å². The second kappa shape index (κ2) is 3.30. The molecular weight excluding hydrogens is 204 g/mol. The van der Waals surface area contributed by atoms with E-state index in [1.165, 1.54) is 12.0 Å². The lowest BCUT2D eigenvalue weighted by atomic mass is 9.95. The number of H-pyrrole nitrogens is 1. The van der Waals surface area contributed by atoms with Crippen LogP contribution in [0.2, 0.25) is 0 Å². The van der Waals surface area contributed by atoms with Crippen molar-refractivity contribution < 1.29 is 0 Å². The largest absolute Gasteiger partial charge is 0.369 e. The molecule has 0 fully saturated rings. The van der Waals surface area contributed by atoms with E-state index < -0.39 is 0 Å². The summed E-state index contributed by atoms with van der Waals surface area (Å²) in [4.78, 5) is 22.6. The van der Waals surface area contributed by atoms with E-state index in [-0.39, 0.29) is 11.5 Å². The zero-order valence-electron chi connectivity index (χ0n) is 8.79. The number of hydrogen-bond donors (Lipinski definition) is 2. The van der Waals surface area contributed by atoms with Gasteiger partial charge in [-0.2, -0.15) is 4.98 Å². The predicted octanol–water partition coefficient (Wildman–Crippen LogP) is 0.779. The van der Waals surface area contributed by atoms with E-state index in [1.807, 2.05) is 6.07 Å². The Morgan fingerprint density at radius 3 is 2.94 bits per heavy atom. The van der Waals surface area contributed by atoms with E-state index in [1.54, 1.807) is 0 Å². The lowest BCUT2D eigenvalue weighted by Crippen LogP contribution is -2.14. The molecule has 1 aliphatic rings. The van der Waals surface area contributed by atoms with Crippen molar-refractivity contribution in [1.29, 1.82) is 0 Å². The Hall–Kier alpha value is -1.91. The number of aromatic nitrogens is 3. The van der Waals surface area contributed by atoms with Crippen LogP contribution >= 0.6 is 0 Å².